The number of pyridine rings is 1. The lowest BCUT2D eigenvalue weighted by molar-refractivity contribution is -0.121. The van der Waals surface area contributed by atoms with Crippen molar-refractivity contribution in [2.24, 2.45) is 0 Å². The maximum atomic E-state index is 11.4. The van der Waals surface area contributed by atoms with Crippen molar-refractivity contribution in [1.82, 2.24) is 15.6 Å². The first-order valence-corrected chi connectivity index (χ1v) is 6.02. The van der Waals surface area contributed by atoms with Crippen LogP contribution < -0.4 is 10.6 Å². The molecule has 0 aliphatic heterocycles. The maximum absolute atomic E-state index is 11.4. The van der Waals surface area contributed by atoms with Crippen molar-refractivity contribution < 1.29 is 4.79 Å². The minimum Gasteiger partial charge on any atom is -0.354 e. The van der Waals surface area contributed by atoms with Gasteiger partial charge in [-0.25, -0.2) is 0 Å². The number of carbonyl (C=O) groups is 1. The second kappa shape index (κ2) is 7.01. The normalized spacial score (nSPS) is 12.5. The Kier molecular flexibility index (Phi) is 5.63. The summed E-state index contributed by atoms with van der Waals surface area (Å²) in [6.45, 7) is 6.69. The number of hydrogen-bond acceptors (Lipinski definition) is 3. The third-order valence-corrected chi connectivity index (χ3v) is 2.46. The molecule has 0 fully saturated rings. The Labute approximate surface area is 103 Å². The molecule has 1 heterocycles. The highest BCUT2D eigenvalue weighted by atomic mass is 16.1. The molecule has 1 amide bonds. The van der Waals surface area contributed by atoms with E-state index in [1.807, 2.05) is 26.0 Å². The van der Waals surface area contributed by atoms with Crippen molar-refractivity contribution in [3.8, 4) is 0 Å². The lowest BCUT2D eigenvalue weighted by Crippen LogP contribution is -2.33. The van der Waals surface area contributed by atoms with Crippen LogP contribution in [0.3, 0.4) is 0 Å². The predicted molar refractivity (Wildman–Crippen MR) is 68.6 cm³/mol. The fraction of sp³-hybridized carbons (Fsp3) is 0.538. The van der Waals surface area contributed by atoms with Gasteiger partial charge in [-0.3, -0.25) is 9.78 Å². The van der Waals surface area contributed by atoms with Crippen LogP contribution in [0.1, 0.15) is 38.8 Å². The fourth-order valence-electron chi connectivity index (χ4n) is 1.57. The fourth-order valence-corrected chi connectivity index (χ4v) is 1.57. The Balaban J connectivity index is 2.25. The molecule has 0 unspecified atom stereocenters. The summed E-state index contributed by atoms with van der Waals surface area (Å²) in [5, 5.41) is 6.18. The Bertz CT molecular complexity index is 338. The highest BCUT2D eigenvalue weighted by Gasteiger charge is 2.06. The van der Waals surface area contributed by atoms with E-state index in [0.717, 1.165) is 0 Å². The molecule has 4 heteroatoms. The average Bonchev–Trinajstić information content (AvgIpc) is 2.29. The SMILES string of the molecule is CC(C)NC(=O)CCN[C@H](C)c1ccncc1. The Morgan fingerprint density at radius 2 is 1.94 bits per heavy atom. The van der Waals surface area contributed by atoms with Crippen LogP contribution in [0.25, 0.3) is 0 Å². The number of aromatic nitrogens is 1. The lowest BCUT2D eigenvalue weighted by Gasteiger charge is -2.14. The molecule has 17 heavy (non-hydrogen) atoms. The first-order valence-electron chi connectivity index (χ1n) is 6.02. The van der Waals surface area contributed by atoms with E-state index in [1.54, 1.807) is 12.4 Å². The molecular weight excluding hydrogens is 214 g/mol. The third-order valence-electron chi connectivity index (χ3n) is 2.46. The highest BCUT2D eigenvalue weighted by Crippen LogP contribution is 2.09. The van der Waals surface area contributed by atoms with E-state index >= 15 is 0 Å². The maximum Gasteiger partial charge on any atom is 0.221 e. The van der Waals surface area contributed by atoms with Gasteiger partial charge < -0.3 is 10.6 Å². The smallest absolute Gasteiger partial charge is 0.221 e. The van der Waals surface area contributed by atoms with Gasteiger partial charge in [-0.05, 0) is 38.5 Å². The van der Waals surface area contributed by atoms with Crippen molar-refractivity contribution in [2.75, 3.05) is 6.54 Å². The van der Waals surface area contributed by atoms with E-state index in [0.29, 0.717) is 13.0 Å². The van der Waals surface area contributed by atoms with Crippen molar-refractivity contribution in [1.29, 1.82) is 0 Å². The summed E-state index contributed by atoms with van der Waals surface area (Å²) in [4.78, 5) is 15.4. The molecule has 1 rings (SSSR count). The zero-order valence-electron chi connectivity index (χ0n) is 10.7. The summed E-state index contributed by atoms with van der Waals surface area (Å²) in [5.41, 5.74) is 1.18. The van der Waals surface area contributed by atoms with Gasteiger partial charge in [-0.2, -0.15) is 0 Å². The number of nitrogens with one attached hydrogen (secondary N) is 2. The molecule has 4 nitrogen and oxygen atoms in total. The number of nitrogens with zero attached hydrogens (tertiary/aromatic N) is 1. The molecule has 0 aliphatic carbocycles. The third kappa shape index (κ3) is 5.45. The summed E-state index contributed by atoms with van der Waals surface area (Å²) in [7, 11) is 0. The predicted octanol–water partition coefficient (Wildman–Crippen LogP) is 1.65. The summed E-state index contributed by atoms with van der Waals surface area (Å²) >= 11 is 0. The van der Waals surface area contributed by atoms with Crippen LogP contribution in [0.5, 0.6) is 0 Å². The molecular formula is C13H21N3O. The summed E-state index contributed by atoms with van der Waals surface area (Å²) < 4.78 is 0. The van der Waals surface area contributed by atoms with E-state index < -0.39 is 0 Å². The molecule has 0 saturated heterocycles. The van der Waals surface area contributed by atoms with Gasteiger partial charge in [-0.1, -0.05) is 0 Å². The molecule has 0 aromatic carbocycles. The van der Waals surface area contributed by atoms with Gasteiger partial charge in [0.05, 0.1) is 0 Å². The summed E-state index contributed by atoms with van der Waals surface area (Å²) in [6, 6.07) is 4.41. The minimum absolute atomic E-state index is 0.0921. The average molecular weight is 235 g/mol. The molecule has 1 aromatic rings. The van der Waals surface area contributed by atoms with Crippen LogP contribution in [0.2, 0.25) is 0 Å². The first kappa shape index (κ1) is 13.6. The van der Waals surface area contributed by atoms with Crippen LogP contribution in [-0.2, 0) is 4.79 Å². The zero-order chi connectivity index (χ0) is 12.7. The van der Waals surface area contributed by atoms with E-state index in [-0.39, 0.29) is 18.0 Å². The Morgan fingerprint density at radius 1 is 1.29 bits per heavy atom. The van der Waals surface area contributed by atoms with Gasteiger partial charge in [0.1, 0.15) is 0 Å². The minimum atomic E-state index is 0.0921. The van der Waals surface area contributed by atoms with E-state index in [4.69, 9.17) is 0 Å². The van der Waals surface area contributed by atoms with Crippen LogP contribution in [-0.4, -0.2) is 23.5 Å². The summed E-state index contributed by atoms with van der Waals surface area (Å²) in [6.07, 6.45) is 4.06. The van der Waals surface area contributed by atoms with E-state index in [1.165, 1.54) is 5.56 Å². The van der Waals surface area contributed by atoms with Gasteiger partial charge in [0.25, 0.3) is 0 Å². The number of hydrogen-bond donors (Lipinski definition) is 2. The number of carbonyl (C=O) groups excluding carboxylic acids is 1. The van der Waals surface area contributed by atoms with Crippen molar-refractivity contribution >= 4 is 5.91 Å². The van der Waals surface area contributed by atoms with Crippen molar-refractivity contribution in [2.45, 2.75) is 39.3 Å². The molecule has 0 aliphatic rings. The molecule has 0 radical (unpaired) electrons. The van der Waals surface area contributed by atoms with Crippen LogP contribution >= 0.6 is 0 Å². The standard InChI is InChI=1S/C13H21N3O/c1-10(2)16-13(17)6-9-15-11(3)12-4-7-14-8-5-12/h4-5,7-8,10-11,15H,6,9H2,1-3H3,(H,16,17)/t11-/m1/s1. The monoisotopic (exact) mass is 235 g/mol. The van der Waals surface area contributed by atoms with Crippen LogP contribution in [0, 0.1) is 0 Å². The van der Waals surface area contributed by atoms with Crippen molar-refractivity contribution in [3.63, 3.8) is 0 Å². The summed E-state index contributed by atoms with van der Waals surface area (Å²) in [5.74, 6) is 0.0921. The quantitative estimate of drug-likeness (QED) is 0.788. The topological polar surface area (TPSA) is 54.0 Å². The second-order valence-electron chi connectivity index (χ2n) is 4.43. The molecule has 94 valence electrons. The number of amides is 1. The highest BCUT2D eigenvalue weighted by molar-refractivity contribution is 5.76. The molecule has 1 atom stereocenters. The Morgan fingerprint density at radius 3 is 2.53 bits per heavy atom. The van der Waals surface area contributed by atoms with Gasteiger partial charge in [0, 0.05) is 37.4 Å². The molecule has 0 bridgehead atoms. The molecule has 1 aromatic heterocycles. The van der Waals surface area contributed by atoms with Gasteiger partial charge in [0.2, 0.25) is 5.91 Å². The molecule has 0 spiro atoms. The number of rotatable bonds is 6. The first-order chi connectivity index (χ1) is 8.09. The van der Waals surface area contributed by atoms with E-state index in [2.05, 4.69) is 22.5 Å². The Hall–Kier alpha value is -1.42. The van der Waals surface area contributed by atoms with Crippen LogP contribution in [0.15, 0.2) is 24.5 Å². The molecule has 0 saturated carbocycles. The van der Waals surface area contributed by atoms with Crippen molar-refractivity contribution in [3.05, 3.63) is 30.1 Å². The van der Waals surface area contributed by atoms with Gasteiger partial charge in [-0.15, -0.1) is 0 Å². The second-order valence-corrected chi connectivity index (χ2v) is 4.43. The largest absolute Gasteiger partial charge is 0.354 e. The van der Waals surface area contributed by atoms with Crippen LogP contribution in [0.4, 0.5) is 0 Å². The van der Waals surface area contributed by atoms with Gasteiger partial charge in [0.15, 0.2) is 0 Å². The lowest BCUT2D eigenvalue weighted by atomic mass is 10.1. The molecule has 2 N–H and O–H groups in total. The van der Waals surface area contributed by atoms with E-state index in [9.17, 15) is 4.79 Å². The van der Waals surface area contributed by atoms with Gasteiger partial charge >= 0.3 is 0 Å². The zero-order valence-corrected chi connectivity index (χ0v) is 10.7.